The van der Waals surface area contributed by atoms with Gasteiger partial charge in [0.05, 0.1) is 18.1 Å². The molecule has 4 heterocycles. The van der Waals surface area contributed by atoms with Crippen molar-refractivity contribution in [3.05, 3.63) is 89.5 Å². The maximum absolute atomic E-state index is 14.7. The minimum atomic E-state index is -1.45. The number of para-hydroxylation sites is 1. The van der Waals surface area contributed by atoms with E-state index in [4.69, 9.17) is 9.47 Å². The summed E-state index contributed by atoms with van der Waals surface area (Å²) in [5.41, 5.74) is 1.87. The van der Waals surface area contributed by atoms with Crippen molar-refractivity contribution in [3.8, 4) is 0 Å². The van der Waals surface area contributed by atoms with Gasteiger partial charge in [0.25, 0.3) is 5.91 Å². The molecule has 0 unspecified atom stereocenters. The number of cyclic esters (lactones) is 1. The highest BCUT2D eigenvalue weighted by molar-refractivity contribution is 6.06. The molecule has 2 fully saturated rings. The summed E-state index contributed by atoms with van der Waals surface area (Å²) in [5, 5.41) is 12.7. The molecule has 0 saturated carbocycles. The van der Waals surface area contributed by atoms with Gasteiger partial charge in [0.15, 0.2) is 0 Å². The first-order valence-corrected chi connectivity index (χ1v) is 16.0. The van der Waals surface area contributed by atoms with Gasteiger partial charge >= 0.3 is 5.97 Å². The molecule has 2 saturated heterocycles. The molecule has 0 radical (unpaired) electrons. The molecule has 3 amide bonds. The van der Waals surface area contributed by atoms with Crippen LogP contribution in [0.5, 0.6) is 0 Å². The monoisotopic (exact) mass is 627 g/mol. The summed E-state index contributed by atoms with van der Waals surface area (Å²) in [6, 6.07) is 13.4. The van der Waals surface area contributed by atoms with Gasteiger partial charge in [-0.05, 0) is 50.3 Å². The van der Waals surface area contributed by atoms with Crippen molar-refractivity contribution in [3.63, 3.8) is 0 Å². The summed E-state index contributed by atoms with van der Waals surface area (Å²) in [5.74, 6) is -3.60. The maximum Gasteiger partial charge on any atom is 0.313 e. The van der Waals surface area contributed by atoms with Gasteiger partial charge < -0.3 is 29.7 Å². The fraction of sp³-hybridized carbons (Fsp3) is 0.444. The predicted molar refractivity (Wildman–Crippen MR) is 170 cm³/mol. The molecule has 0 aromatic heterocycles. The number of likely N-dealkylation sites (tertiary alicyclic amines) is 1. The summed E-state index contributed by atoms with van der Waals surface area (Å²) in [6.45, 7) is 5.90. The first-order chi connectivity index (χ1) is 22.2. The van der Waals surface area contributed by atoms with E-state index in [1.54, 1.807) is 30.1 Å². The van der Waals surface area contributed by atoms with E-state index in [-0.39, 0.29) is 50.3 Å². The second-order valence-corrected chi connectivity index (χ2v) is 12.6. The normalized spacial score (nSPS) is 32.0. The molecule has 2 N–H and O–H groups in total. The summed E-state index contributed by atoms with van der Waals surface area (Å²) in [4.78, 5) is 59.5. The maximum atomic E-state index is 14.7. The Kier molecular flexibility index (Phi) is 8.85. The van der Waals surface area contributed by atoms with Crippen molar-refractivity contribution < 1.29 is 33.8 Å². The van der Waals surface area contributed by atoms with Crippen LogP contribution in [0.15, 0.2) is 72.8 Å². The Morgan fingerprint density at radius 2 is 1.72 bits per heavy atom. The van der Waals surface area contributed by atoms with Crippen LogP contribution in [0, 0.1) is 25.7 Å². The lowest BCUT2D eigenvalue weighted by Gasteiger charge is -2.36. The highest BCUT2D eigenvalue weighted by Crippen LogP contribution is 2.53. The minimum Gasteiger partial charge on any atom is -0.455 e. The van der Waals surface area contributed by atoms with Crippen LogP contribution in [-0.4, -0.2) is 77.2 Å². The molecule has 1 spiro atoms. The number of carbonyl (C=O) groups excluding carboxylic acids is 4. The van der Waals surface area contributed by atoms with Crippen LogP contribution < -0.4 is 10.2 Å². The summed E-state index contributed by atoms with van der Waals surface area (Å²) in [6.07, 6.45) is 6.35. The largest absolute Gasteiger partial charge is 0.455 e. The fourth-order valence-electron chi connectivity index (χ4n) is 7.62. The number of hydrogen-bond acceptors (Lipinski definition) is 7. The zero-order valence-electron chi connectivity index (χ0n) is 26.4. The number of nitrogens with zero attached hydrogens (tertiary/aromatic N) is 2. The molecule has 10 nitrogen and oxygen atoms in total. The van der Waals surface area contributed by atoms with Crippen LogP contribution in [0.2, 0.25) is 0 Å². The Labute approximate surface area is 269 Å². The number of hydrogen-bond donors (Lipinski definition) is 2. The Balaban J connectivity index is 1.45. The van der Waals surface area contributed by atoms with Gasteiger partial charge in [-0.1, -0.05) is 72.8 Å². The smallest absolute Gasteiger partial charge is 0.313 e. The molecule has 4 aliphatic heterocycles. The number of carbonyl (C=O) groups is 4. The molecule has 6 rings (SSSR count). The number of aryl methyl sites for hydroxylation is 2. The fourth-order valence-corrected chi connectivity index (χ4v) is 7.62. The molecule has 10 heteroatoms. The molecule has 242 valence electrons. The zero-order valence-corrected chi connectivity index (χ0v) is 26.4. The number of amides is 3. The summed E-state index contributed by atoms with van der Waals surface area (Å²) < 4.78 is 13.0. The van der Waals surface area contributed by atoms with Gasteiger partial charge in [-0.15, -0.1) is 0 Å². The first kappa shape index (κ1) is 31.7. The number of esters is 1. The minimum absolute atomic E-state index is 0.125. The molecule has 2 aromatic carbocycles. The van der Waals surface area contributed by atoms with Gasteiger partial charge in [0.2, 0.25) is 11.8 Å². The van der Waals surface area contributed by atoms with Gasteiger partial charge in [-0.3, -0.25) is 19.2 Å². The van der Waals surface area contributed by atoms with Crippen molar-refractivity contribution in [1.82, 2.24) is 10.2 Å². The second kappa shape index (κ2) is 12.8. The SMILES string of the molecule is Cc1cccc(C)c1N1CC=C[C@]23O[C@@H]4/C=C\CCC(=O)N[C@H](C)[C@@H](c5ccccc5)OC(=O)[C@@H]4[C@H]2C(=O)N(CCCO)[C@@H]3C1=O. The van der Waals surface area contributed by atoms with E-state index in [1.165, 1.54) is 4.90 Å². The Bertz CT molecular complexity index is 1550. The number of anilines is 1. The Hall–Kier alpha value is -4.28. The molecule has 0 bridgehead atoms. The van der Waals surface area contributed by atoms with E-state index in [2.05, 4.69) is 5.32 Å². The number of allylic oxidation sites excluding steroid dienone is 1. The highest BCUT2D eigenvalue weighted by atomic mass is 16.6. The second-order valence-electron chi connectivity index (χ2n) is 12.6. The van der Waals surface area contributed by atoms with Crippen molar-refractivity contribution in [1.29, 1.82) is 0 Å². The first-order valence-electron chi connectivity index (χ1n) is 16.0. The number of aliphatic hydroxyl groups is 1. The van der Waals surface area contributed by atoms with Crippen molar-refractivity contribution in [2.24, 2.45) is 11.8 Å². The van der Waals surface area contributed by atoms with Gasteiger partial charge in [-0.25, -0.2) is 0 Å². The van der Waals surface area contributed by atoms with Gasteiger partial charge in [0, 0.05) is 31.8 Å². The number of fused-ring (bicyclic) bond motifs is 2. The number of ether oxygens (including phenoxy) is 2. The Morgan fingerprint density at radius 3 is 2.43 bits per heavy atom. The van der Waals surface area contributed by atoms with Crippen LogP contribution in [0.4, 0.5) is 5.69 Å². The Morgan fingerprint density at radius 1 is 0.978 bits per heavy atom. The number of nitrogens with one attached hydrogen (secondary N) is 1. The van der Waals surface area contributed by atoms with E-state index in [9.17, 15) is 24.3 Å². The topological polar surface area (TPSA) is 125 Å². The van der Waals surface area contributed by atoms with E-state index in [1.807, 2.05) is 68.5 Å². The lowest BCUT2D eigenvalue weighted by atomic mass is 9.77. The standard InChI is InChI=1S/C36H41N3O7/c1-22-12-9-13-23(2)30(22)38-19-10-18-36-29(33(42)39(20-11-21-40)32(36)34(38)43)28-26(46-36)16-7-8-17-27(41)37-24(3)31(45-35(28)44)25-14-5-4-6-15-25/h4-7,9-10,12-16,18,24,26,28-29,31-32,40H,8,11,17,19-21H2,1-3H3,(H,37,41)/b16-7-/t24-,26-,28+,29+,31+,32-,36+/m1/s1. The van der Waals surface area contributed by atoms with Crippen molar-refractivity contribution in [2.45, 2.75) is 69.9 Å². The molecule has 0 aliphatic carbocycles. The molecule has 2 aromatic rings. The van der Waals surface area contributed by atoms with Crippen molar-refractivity contribution >= 4 is 29.4 Å². The third-order valence-corrected chi connectivity index (χ3v) is 9.61. The van der Waals surface area contributed by atoms with Crippen LogP contribution >= 0.6 is 0 Å². The quantitative estimate of drug-likeness (QED) is 0.385. The van der Waals surface area contributed by atoms with Gasteiger partial charge in [0.1, 0.15) is 23.7 Å². The predicted octanol–water partition coefficient (Wildman–Crippen LogP) is 3.31. The average Bonchev–Trinajstić information content (AvgIpc) is 3.42. The van der Waals surface area contributed by atoms with Crippen LogP contribution in [0.25, 0.3) is 0 Å². The molecular formula is C36H41N3O7. The van der Waals surface area contributed by atoms with E-state index in [0.717, 1.165) is 16.8 Å². The molecule has 4 aliphatic rings. The highest BCUT2D eigenvalue weighted by Gasteiger charge is 2.71. The molecule has 46 heavy (non-hydrogen) atoms. The average molecular weight is 628 g/mol. The third kappa shape index (κ3) is 5.43. The van der Waals surface area contributed by atoms with E-state index < -0.39 is 47.7 Å². The third-order valence-electron chi connectivity index (χ3n) is 9.61. The number of rotatable bonds is 5. The number of aliphatic hydroxyl groups excluding tert-OH is 1. The van der Waals surface area contributed by atoms with Crippen LogP contribution in [-0.2, 0) is 28.7 Å². The van der Waals surface area contributed by atoms with Crippen LogP contribution in [0.3, 0.4) is 0 Å². The summed E-state index contributed by atoms with van der Waals surface area (Å²) >= 11 is 0. The number of benzene rings is 2. The molecular weight excluding hydrogens is 586 g/mol. The van der Waals surface area contributed by atoms with Crippen molar-refractivity contribution in [2.75, 3.05) is 24.6 Å². The lowest BCUT2D eigenvalue weighted by Crippen LogP contribution is -2.55. The van der Waals surface area contributed by atoms with E-state index in [0.29, 0.717) is 12.0 Å². The lowest BCUT2D eigenvalue weighted by molar-refractivity contribution is -0.161. The zero-order chi connectivity index (χ0) is 32.6. The van der Waals surface area contributed by atoms with E-state index >= 15 is 0 Å². The summed E-state index contributed by atoms with van der Waals surface area (Å²) in [7, 11) is 0. The molecule has 7 atom stereocenters. The van der Waals surface area contributed by atoms with Crippen LogP contribution in [0.1, 0.15) is 49.0 Å². The van der Waals surface area contributed by atoms with Gasteiger partial charge in [-0.2, -0.15) is 0 Å².